The fraction of sp³-hybridized carbons (Fsp3) is 0.364. The number of ether oxygens (including phenoxy) is 1. The van der Waals surface area contributed by atoms with E-state index in [1.165, 1.54) is 0 Å². The highest BCUT2D eigenvalue weighted by Gasteiger charge is 2.04. The molecule has 0 atom stereocenters. The van der Waals surface area contributed by atoms with E-state index in [-0.39, 0.29) is 19.1 Å². The number of carbonyl (C=O) groups excluding carboxylic acids is 2. The Morgan fingerprint density at radius 1 is 1.41 bits per heavy atom. The van der Waals surface area contributed by atoms with Crippen LogP contribution in [0.2, 0.25) is 0 Å². The van der Waals surface area contributed by atoms with Crippen LogP contribution in [0.15, 0.2) is 24.5 Å². The lowest BCUT2D eigenvalue weighted by atomic mass is 10.3. The van der Waals surface area contributed by atoms with Crippen LogP contribution in [-0.4, -0.2) is 30.1 Å². The Bertz CT molecular complexity index is 367. The van der Waals surface area contributed by atoms with Gasteiger partial charge in [-0.1, -0.05) is 6.07 Å². The topological polar surface area (TPSA) is 80.3 Å². The van der Waals surface area contributed by atoms with Gasteiger partial charge in [-0.3, -0.25) is 9.78 Å². The average Bonchev–Trinajstić information content (AvgIpc) is 2.35. The zero-order valence-corrected chi connectivity index (χ0v) is 9.60. The van der Waals surface area contributed by atoms with E-state index in [0.29, 0.717) is 6.54 Å². The van der Waals surface area contributed by atoms with Crippen molar-refractivity contribution in [2.24, 2.45) is 0 Å². The molecule has 0 aliphatic carbocycles. The second-order valence-electron chi connectivity index (χ2n) is 3.21. The molecular weight excluding hydrogens is 222 g/mol. The fourth-order valence-corrected chi connectivity index (χ4v) is 1.10. The number of carbonyl (C=O) groups is 2. The van der Waals surface area contributed by atoms with Crippen molar-refractivity contribution < 1.29 is 14.3 Å². The van der Waals surface area contributed by atoms with Crippen LogP contribution in [0.25, 0.3) is 0 Å². The first kappa shape index (κ1) is 13.0. The molecule has 17 heavy (non-hydrogen) atoms. The first-order valence-electron chi connectivity index (χ1n) is 5.28. The lowest BCUT2D eigenvalue weighted by molar-refractivity contribution is -0.120. The molecule has 0 aliphatic rings. The van der Waals surface area contributed by atoms with Crippen LogP contribution in [0, 0.1) is 0 Å². The van der Waals surface area contributed by atoms with E-state index in [2.05, 4.69) is 20.4 Å². The van der Waals surface area contributed by atoms with Crippen molar-refractivity contribution in [3.8, 4) is 0 Å². The predicted octanol–water partition coefficient (Wildman–Crippen LogP) is 0.444. The predicted molar refractivity (Wildman–Crippen MR) is 61.1 cm³/mol. The molecule has 0 spiro atoms. The van der Waals surface area contributed by atoms with Crippen LogP contribution in [-0.2, 0) is 16.1 Å². The van der Waals surface area contributed by atoms with Crippen molar-refractivity contribution in [1.29, 1.82) is 0 Å². The van der Waals surface area contributed by atoms with E-state index in [9.17, 15) is 9.59 Å². The zero-order valence-electron chi connectivity index (χ0n) is 9.60. The highest BCUT2D eigenvalue weighted by molar-refractivity contribution is 5.82. The van der Waals surface area contributed by atoms with Crippen LogP contribution in [0.3, 0.4) is 0 Å². The van der Waals surface area contributed by atoms with E-state index >= 15 is 0 Å². The number of aromatic nitrogens is 1. The van der Waals surface area contributed by atoms with Crippen LogP contribution in [0.5, 0.6) is 0 Å². The quantitative estimate of drug-likeness (QED) is 0.779. The smallest absolute Gasteiger partial charge is 0.407 e. The van der Waals surface area contributed by atoms with Crippen molar-refractivity contribution in [2.75, 3.05) is 13.2 Å². The summed E-state index contributed by atoms with van der Waals surface area (Å²) in [6, 6.07) is 3.64. The van der Waals surface area contributed by atoms with Crippen molar-refractivity contribution in [3.05, 3.63) is 30.1 Å². The standard InChI is InChI=1S/C11H15N3O3/c1-2-17-11(16)14-8-10(15)13-7-9-4-3-5-12-6-9/h3-6H,2,7-8H2,1H3,(H,13,15)(H,14,16). The third kappa shape index (κ3) is 5.50. The van der Waals surface area contributed by atoms with E-state index in [4.69, 9.17) is 0 Å². The van der Waals surface area contributed by atoms with Crippen molar-refractivity contribution in [1.82, 2.24) is 15.6 Å². The summed E-state index contributed by atoms with van der Waals surface area (Å²) in [4.78, 5) is 26.1. The Morgan fingerprint density at radius 2 is 2.24 bits per heavy atom. The van der Waals surface area contributed by atoms with Crippen LogP contribution in [0.4, 0.5) is 4.79 Å². The minimum Gasteiger partial charge on any atom is -0.450 e. The number of hydrogen-bond acceptors (Lipinski definition) is 4. The molecule has 1 heterocycles. The van der Waals surface area contributed by atoms with E-state index in [1.807, 2.05) is 6.07 Å². The lowest BCUT2D eigenvalue weighted by Crippen LogP contribution is -2.36. The monoisotopic (exact) mass is 237 g/mol. The number of nitrogens with one attached hydrogen (secondary N) is 2. The highest BCUT2D eigenvalue weighted by atomic mass is 16.5. The van der Waals surface area contributed by atoms with E-state index in [0.717, 1.165) is 5.56 Å². The number of pyridine rings is 1. The Labute approximate surface area is 99.4 Å². The number of hydrogen-bond donors (Lipinski definition) is 2. The zero-order chi connectivity index (χ0) is 12.5. The van der Waals surface area contributed by atoms with Gasteiger partial charge in [0.25, 0.3) is 0 Å². The summed E-state index contributed by atoms with van der Waals surface area (Å²) in [7, 11) is 0. The van der Waals surface area contributed by atoms with Crippen LogP contribution in [0.1, 0.15) is 12.5 Å². The molecule has 1 aromatic heterocycles. The molecule has 6 heteroatoms. The van der Waals surface area contributed by atoms with E-state index < -0.39 is 6.09 Å². The van der Waals surface area contributed by atoms with Crippen LogP contribution >= 0.6 is 0 Å². The normalized spacial score (nSPS) is 9.47. The molecule has 2 amide bonds. The summed E-state index contributed by atoms with van der Waals surface area (Å²) in [5.41, 5.74) is 0.900. The Balaban J connectivity index is 2.20. The third-order valence-corrected chi connectivity index (χ3v) is 1.88. The molecule has 0 bridgehead atoms. The molecule has 1 rings (SSSR count). The van der Waals surface area contributed by atoms with Gasteiger partial charge in [-0.2, -0.15) is 0 Å². The maximum Gasteiger partial charge on any atom is 0.407 e. The molecular formula is C11H15N3O3. The van der Waals surface area contributed by atoms with Crippen molar-refractivity contribution >= 4 is 12.0 Å². The molecule has 0 saturated carbocycles. The molecule has 0 aliphatic heterocycles. The molecule has 1 aromatic rings. The van der Waals surface area contributed by atoms with Crippen molar-refractivity contribution in [2.45, 2.75) is 13.5 Å². The largest absolute Gasteiger partial charge is 0.450 e. The van der Waals surface area contributed by atoms with Gasteiger partial charge in [-0.05, 0) is 18.6 Å². The van der Waals surface area contributed by atoms with Gasteiger partial charge < -0.3 is 15.4 Å². The van der Waals surface area contributed by atoms with Crippen molar-refractivity contribution in [3.63, 3.8) is 0 Å². The van der Waals surface area contributed by atoms with Gasteiger partial charge in [0.1, 0.15) is 6.54 Å². The molecule has 0 fully saturated rings. The Kier molecular flexibility index (Phi) is 5.50. The SMILES string of the molecule is CCOC(=O)NCC(=O)NCc1cccnc1. The minimum absolute atomic E-state index is 0.0981. The van der Waals surface area contributed by atoms with Gasteiger partial charge in [0.15, 0.2) is 0 Å². The Hall–Kier alpha value is -2.11. The van der Waals surface area contributed by atoms with Gasteiger partial charge in [0.05, 0.1) is 6.61 Å². The third-order valence-electron chi connectivity index (χ3n) is 1.88. The summed E-state index contributed by atoms with van der Waals surface area (Å²) in [6.45, 7) is 2.27. The van der Waals surface area contributed by atoms with Crippen LogP contribution < -0.4 is 10.6 Å². The van der Waals surface area contributed by atoms with Gasteiger partial charge in [-0.15, -0.1) is 0 Å². The first-order chi connectivity index (χ1) is 8.22. The number of rotatable bonds is 5. The minimum atomic E-state index is -0.593. The second kappa shape index (κ2) is 7.21. The van der Waals surface area contributed by atoms with E-state index in [1.54, 1.807) is 25.4 Å². The molecule has 2 N–H and O–H groups in total. The number of nitrogens with zero attached hydrogens (tertiary/aromatic N) is 1. The summed E-state index contributed by atoms with van der Waals surface area (Å²) < 4.78 is 4.62. The number of amides is 2. The Morgan fingerprint density at radius 3 is 2.88 bits per heavy atom. The first-order valence-corrected chi connectivity index (χ1v) is 5.28. The molecule has 92 valence electrons. The summed E-state index contributed by atoms with van der Waals surface area (Å²) in [5, 5.41) is 4.98. The maximum atomic E-state index is 11.3. The van der Waals surface area contributed by atoms with Gasteiger partial charge in [0.2, 0.25) is 5.91 Å². The summed E-state index contributed by atoms with van der Waals surface area (Å²) >= 11 is 0. The molecule has 0 radical (unpaired) electrons. The van der Waals surface area contributed by atoms with Gasteiger partial charge in [0, 0.05) is 18.9 Å². The summed E-state index contributed by atoms with van der Waals surface area (Å²) in [5.74, 6) is -0.276. The lowest BCUT2D eigenvalue weighted by Gasteiger charge is -2.06. The number of alkyl carbamates (subject to hydrolysis) is 1. The summed E-state index contributed by atoms with van der Waals surface area (Å²) in [6.07, 6.45) is 2.73. The molecule has 0 saturated heterocycles. The molecule has 0 aromatic carbocycles. The fourth-order valence-electron chi connectivity index (χ4n) is 1.10. The maximum absolute atomic E-state index is 11.3. The van der Waals surface area contributed by atoms with Gasteiger partial charge in [-0.25, -0.2) is 4.79 Å². The highest BCUT2D eigenvalue weighted by Crippen LogP contribution is 1.93. The second-order valence-corrected chi connectivity index (χ2v) is 3.21. The molecule has 6 nitrogen and oxygen atoms in total. The molecule has 0 unspecified atom stereocenters. The van der Waals surface area contributed by atoms with Gasteiger partial charge >= 0.3 is 6.09 Å². The average molecular weight is 237 g/mol.